The van der Waals surface area contributed by atoms with Gasteiger partial charge in [0.25, 0.3) is 0 Å². The molecule has 1 aromatic heterocycles. The van der Waals surface area contributed by atoms with Crippen LogP contribution in [0.25, 0.3) is 10.9 Å². The molecule has 66 heavy (non-hydrogen) atoms. The number of unbranched alkanes of at least 4 members (excludes halogenated alkanes) is 1. The molecule has 1 aliphatic rings. The van der Waals surface area contributed by atoms with Crippen molar-refractivity contribution in [1.29, 1.82) is 0 Å². The van der Waals surface area contributed by atoms with E-state index >= 15 is 0 Å². The number of benzene rings is 1. The van der Waals surface area contributed by atoms with E-state index in [0.29, 0.717) is 37.1 Å². The summed E-state index contributed by atoms with van der Waals surface area (Å²) in [5.74, 6) is -5.91. The summed E-state index contributed by atoms with van der Waals surface area (Å²) in [7, 11) is 0. The Kier molecular flexibility index (Phi) is 22.4. The summed E-state index contributed by atoms with van der Waals surface area (Å²) in [5, 5.41) is 28.8. The van der Waals surface area contributed by atoms with Gasteiger partial charge in [-0.25, -0.2) is 0 Å². The molecule has 0 aliphatic carbocycles. The lowest BCUT2D eigenvalue weighted by Crippen LogP contribution is -2.59. The Balaban J connectivity index is 1.83. The van der Waals surface area contributed by atoms with Crippen molar-refractivity contribution < 1.29 is 48.3 Å². The van der Waals surface area contributed by atoms with Crippen LogP contribution in [0.1, 0.15) is 92.1 Å². The molecule has 366 valence electrons. The maximum atomic E-state index is 14.4. The van der Waals surface area contributed by atoms with Crippen LogP contribution in [0.4, 0.5) is 0 Å². The zero-order valence-electron chi connectivity index (χ0n) is 39.1. The van der Waals surface area contributed by atoms with Gasteiger partial charge in [0.1, 0.15) is 42.3 Å². The van der Waals surface area contributed by atoms with Gasteiger partial charge in [-0.1, -0.05) is 45.9 Å². The third kappa shape index (κ3) is 16.9. The van der Waals surface area contributed by atoms with E-state index in [9.17, 15) is 48.3 Å². The lowest BCUT2D eigenvalue weighted by molar-refractivity contribution is -0.142. The molecule has 3 rings (SSSR count). The van der Waals surface area contributed by atoms with Crippen LogP contribution in [0.2, 0.25) is 0 Å². The highest BCUT2D eigenvalue weighted by Gasteiger charge is 2.38. The number of carboxylic acids is 1. The number of aliphatic carboxylic acids is 1. The van der Waals surface area contributed by atoms with Crippen LogP contribution in [0.3, 0.4) is 0 Å². The molecule has 1 fully saturated rings. The fourth-order valence-corrected chi connectivity index (χ4v) is 8.10. The van der Waals surface area contributed by atoms with E-state index in [1.54, 1.807) is 20.0 Å². The number of hydrogen-bond acceptors (Lipinski definition) is 11. The minimum Gasteiger partial charge on any atom is -0.480 e. The minimum absolute atomic E-state index is 0.00567. The third-order valence-corrected chi connectivity index (χ3v) is 11.9. The number of likely N-dealkylation sites (tertiary alicyclic amines) is 1. The molecule has 8 amide bonds. The molecule has 1 saturated heterocycles. The number of thioether (sulfide) groups is 1. The van der Waals surface area contributed by atoms with Gasteiger partial charge in [-0.15, -0.1) is 0 Å². The number of nitrogens with zero attached hydrogens (tertiary/aromatic N) is 1. The zero-order valence-corrected chi connectivity index (χ0v) is 39.9. The van der Waals surface area contributed by atoms with Crippen LogP contribution >= 0.6 is 11.8 Å². The summed E-state index contributed by atoms with van der Waals surface area (Å²) < 4.78 is 0. The number of carbonyl (C=O) groups is 9. The summed E-state index contributed by atoms with van der Waals surface area (Å²) in [6.45, 7) is 9.89. The first-order valence-electron chi connectivity index (χ1n) is 22.6. The van der Waals surface area contributed by atoms with Crippen molar-refractivity contribution in [2.45, 2.75) is 135 Å². The Labute approximate surface area is 390 Å². The van der Waals surface area contributed by atoms with Gasteiger partial charge in [-0.05, 0) is 93.9 Å². The van der Waals surface area contributed by atoms with Crippen molar-refractivity contribution in [1.82, 2.24) is 47.1 Å². The first-order chi connectivity index (χ1) is 31.3. The van der Waals surface area contributed by atoms with Crippen LogP contribution < -0.4 is 43.0 Å². The smallest absolute Gasteiger partial charge is 0.325 e. The van der Waals surface area contributed by atoms with E-state index in [1.165, 1.54) is 30.5 Å². The zero-order chi connectivity index (χ0) is 49.1. The molecule has 0 spiro atoms. The topological polar surface area (TPSA) is 303 Å². The monoisotopic (exact) mass is 942 g/mol. The van der Waals surface area contributed by atoms with Gasteiger partial charge >= 0.3 is 5.97 Å². The largest absolute Gasteiger partial charge is 0.480 e. The normalized spacial score (nSPS) is 16.3. The van der Waals surface area contributed by atoms with Crippen molar-refractivity contribution >= 4 is 75.9 Å². The number of carboxylic acid groups (broad SMARTS) is 1. The number of para-hydroxylation sites is 1. The summed E-state index contributed by atoms with van der Waals surface area (Å²) in [4.78, 5) is 124. The average Bonchev–Trinajstić information content (AvgIpc) is 3.93. The minimum atomic E-state index is -1.25. The number of fused-ring (bicyclic) bond motifs is 1. The molecule has 0 bridgehead atoms. The molecule has 11 N–H and O–H groups in total. The Morgan fingerprint density at radius 2 is 1.44 bits per heavy atom. The molecule has 1 aromatic carbocycles. The molecule has 1 aliphatic heterocycles. The first-order valence-corrected chi connectivity index (χ1v) is 24.0. The third-order valence-electron chi connectivity index (χ3n) is 11.2. The number of H-pyrrole nitrogens is 1. The van der Waals surface area contributed by atoms with Gasteiger partial charge in [0, 0.05) is 37.0 Å². The fourth-order valence-electron chi connectivity index (χ4n) is 7.63. The number of amides is 8. The van der Waals surface area contributed by atoms with Crippen molar-refractivity contribution in [2.24, 2.45) is 17.6 Å². The van der Waals surface area contributed by atoms with Gasteiger partial charge in [0.2, 0.25) is 47.3 Å². The van der Waals surface area contributed by atoms with Gasteiger partial charge < -0.3 is 57.9 Å². The highest BCUT2D eigenvalue weighted by atomic mass is 32.2. The fraction of sp³-hybridized carbons (Fsp3) is 0.622. The Hall–Kier alpha value is -5.70. The van der Waals surface area contributed by atoms with Crippen molar-refractivity contribution in [3.8, 4) is 0 Å². The predicted octanol–water partition coefficient (Wildman–Crippen LogP) is 0.435. The maximum absolute atomic E-state index is 14.4. The van der Waals surface area contributed by atoms with Gasteiger partial charge in [0.15, 0.2) is 0 Å². The van der Waals surface area contributed by atoms with Crippen LogP contribution in [-0.2, 0) is 49.6 Å². The molecule has 2 heterocycles. The van der Waals surface area contributed by atoms with Crippen molar-refractivity contribution in [3.05, 3.63) is 36.0 Å². The van der Waals surface area contributed by atoms with Crippen LogP contribution in [0.15, 0.2) is 30.5 Å². The summed E-state index contributed by atoms with van der Waals surface area (Å²) in [6.07, 6.45) is 5.88. The molecule has 0 unspecified atom stereocenters. The van der Waals surface area contributed by atoms with Gasteiger partial charge in [0.05, 0.1) is 6.54 Å². The van der Waals surface area contributed by atoms with E-state index in [2.05, 4.69) is 42.2 Å². The molecular weight excluding hydrogens is 873 g/mol. The highest BCUT2D eigenvalue weighted by Crippen LogP contribution is 2.22. The molecular formula is C45H70N10O10S. The average molecular weight is 943 g/mol. The molecule has 20 nitrogen and oxygen atoms in total. The lowest BCUT2D eigenvalue weighted by atomic mass is 9.99. The number of nitrogens with two attached hydrogens (primary N) is 1. The second kappa shape index (κ2) is 27.1. The standard InChI is InChI=1S/C45H70N10O10S/c1-25(2)21-34(41(60)51-32(15-10-11-18-46)40(59)49-27(5)45(64)65)53-42(61)35(22-29-23-47-31-14-9-8-13-30(29)31)54-43(62)36-16-12-19-55(36)37(57)24-48-39(58)33(17-20-66-7)52-44(63)38(26(3)4)50-28(6)56/h8-9,13-14,23,25-27,32-36,38,47H,10-12,15-22,24,46H2,1-7H3,(H,48,58)(H,49,59)(H,50,56)(H,51,60)(H,52,63)(H,53,61)(H,54,62)(H,64,65)/t27-,32-,33-,34-,35-,36-,38-/m0/s1. The van der Waals surface area contributed by atoms with E-state index in [1.807, 2.05) is 44.4 Å². The van der Waals surface area contributed by atoms with Crippen LogP contribution in [-0.4, -0.2) is 142 Å². The van der Waals surface area contributed by atoms with Gasteiger partial charge in [-0.2, -0.15) is 11.8 Å². The predicted molar refractivity (Wildman–Crippen MR) is 251 cm³/mol. The number of aromatic amines is 1. The number of carbonyl (C=O) groups excluding carboxylic acids is 8. The van der Waals surface area contributed by atoms with E-state index < -0.39 is 102 Å². The van der Waals surface area contributed by atoms with Crippen molar-refractivity contribution in [3.63, 3.8) is 0 Å². The molecule has 0 radical (unpaired) electrons. The van der Waals surface area contributed by atoms with Crippen molar-refractivity contribution in [2.75, 3.05) is 31.6 Å². The second-order valence-corrected chi connectivity index (χ2v) is 18.4. The van der Waals surface area contributed by atoms with E-state index in [-0.39, 0.29) is 50.5 Å². The molecule has 0 saturated carbocycles. The maximum Gasteiger partial charge on any atom is 0.325 e. The van der Waals surface area contributed by atoms with Crippen LogP contribution in [0.5, 0.6) is 0 Å². The first kappa shape index (κ1) is 54.6. The highest BCUT2D eigenvalue weighted by molar-refractivity contribution is 7.98. The lowest BCUT2D eigenvalue weighted by Gasteiger charge is -2.29. The summed E-state index contributed by atoms with van der Waals surface area (Å²) in [6, 6.07) is -0.233. The SMILES string of the molecule is CSCC[C@H](NC(=O)[C@@H](NC(C)=O)C(C)C)C(=O)NCC(=O)N1CCC[C@H]1C(=O)N[C@@H](Cc1c[nH]c2ccccc12)C(=O)N[C@@H](CC(C)C)C(=O)N[C@@H](CCCCN)C(=O)N[C@@H](C)C(=O)O. The summed E-state index contributed by atoms with van der Waals surface area (Å²) >= 11 is 1.47. The second-order valence-electron chi connectivity index (χ2n) is 17.5. The quantitative estimate of drug-likeness (QED) is 0.0546. The van der Waals surface area contributed by atoms with Gasteiger partial charge in [-0.3, -0.25) is 43.2 Å². The van der Waals surface area contributed by atoms with E-state index in [4.69, 9.17) is 5.73 Å². The Morgan fingerprint density at radius 1 is 0.803 bits per heavy atom. The molecule has 7 atom stereocenters. The molecule has 21 heteroatoms. The number of rotatable bonds is 27. The number of aromatic nitrogens is 1. The van der Waals surface area contributed by atoms with E-state index in [0.717, 1.165) is 10.9 Å². The summed E-state index contributed by atoms with van der Waals surface area (Å²) in [5.41, 5.74) is 7.15. The number of nitrogens with one attached hydrogen (secondary N) is 8. The van der Waals surface area contributed by atoms with Crippen LogP contribution in [0, 0.1) is 11.8 Å². The number of hydrogen-bond donors (Lipinski definition) is 10. The molecule has 2 aromatic rings. The Morgan fingerprint density at radius 3 is 2.08 bits per heavy atom. The Bertz CT molecular complexity index is 2010.